The van der Waals surface area contributed by atoms with Crippen LogP contribution in [0.3, 0.4) is 0 Å². The van der Waals surface area contributed by atoms with Crippen LogP contribution in [0, 0.1) is 6.92 Å². The number of hydrogen-bond acceptors (Lipinski definition) is 4. The third-order valence-electron chi connectivity index (χ3n) is 3.95. The molecular formula is C18H23N3O4. The van der Waals surface area contributed by atoms with Gasteiger partial charge in [0.25, 0.3) is 0 Å². The molecule has 134 valence electrons. The molecule has 0 aliphatic heterocycles. The summed E-state index contributed by atoms with van der Waals surface area (Å²) in [4.78, 5) is 23.8. The highest BCUT2D eigenvalue weighted by Gasteiger charge is 2.29. The Labute approximate surface area is 146 Å². The van der Waals surface area contributed by atoms with Gasteiger partial charge >= 0.3 is 12.1 Å². The van der Waals surface area contributed by atoms with E-state index in [-0.39, 0.29) is 6.61 Å². The number of carboxylic acids is 1. The normalized spacial score (nSPS) is 11.8. The Kier molecular flexibility index (Phi) is 6.16. The number of nitrogens with zero attached hydrogens (tertiary/aromatic N) is 2. The summed E-state index contributed by atoms with van der Waals surface area (Å²) in [5.41, 5.74) is 2.74. The Balaban J connectivity index is 2.13. The van der Waals surface area contributed by atoms with Gasteiger partial charge in [0.15, 0.2) is 6.04 Å². The Morgan fingerprint density at radius 3 is 2.60 bits per heavy atom. The van der Waals surface area contributed by atoms with Crippen molar-refractivity contribution in [2.45, 2.75) is 39.3 Å². The maximum absolute atomic E-state index is 12.1. The van der Waals surface area contributed by atoms with Crippen molar-refractivity contribution in [3.05, 3.63) is 52.8 Å². The summed E-state index contributed by atoms with van der Waals surface area (Å²) in [6.07, 6.45) is 0.692. The molecule has 2 N–H and O–H groups in total. The number of amides is 1. The number of ether oxygens (including phenoxy) is 1. The lowest BCUT2D eigenvalue weighted by atomic mass is 10.0. The van der Waals surface area contributed by atoms with E-state index in [0.717, 1.165) is 12.0 Å². The zero-order valence-electron chi connectivity index (χ0n) is 14.7. The molecule has 0 fully saturated rings. The van der Waals surface area contributed by atoms with E-state index in [1.807, 2.05) is 37.3 Å². The first-order chi connectivity index (χ1) is 11.9. The van der Waals surface area contributed by atoms with Crippen LogP contribution in [-0.4, -0.2) is 26.9 Å². The summed E-state index contributed by atoms with van der Waals surface area (Å²) in [7, 11) is 1.75. The molecule has 2 rings (SSSR count). The summed E-state index contributed by atoms with van der Waals surface area (Å²) in [5, 5.41) is 16.4. The second kappa shape index (κ2) is 8.32. The van der Waals surface area contributed by atoms with Gasteiger partial charge in [-0.1, -0.05) is 43.7 Å². The monoisotopic (exact) mass is 345 g/mol. The minimum atomic E-state index is -1.20. The number of benzene rings is 1. The summed E-state index contributed by atoms with van der Waals surface area (Å²) in [6, 6.07) is 8.00. The Bertz CT molecular complexity index is 740. The highest BCUT2D eigenvalue weighted by molar-refractivity contribution is 5.82. The van der Waals surface area contributed by atoms with Gasteiger partial charge in [0.2, 0.25) is 0 Å². The summed E-state index contributed by atoms with van der Waals surface area (Å²) < 4.78 is 6.77. The maximum atomic E-state index is 12.1. The van der Waals surface area contributed by atoms with Gasteiger partial charge in [-0.05, 0) is 18.9 Å². The quantitative estimate of drug-likeness (QED) is 0.805. The molecule has 0 radical (unpaired) electrons. The first kappa shape index (κ1) is 18.5. The molecule has 7 nitrogen and oxygen atoms in total. The second-order valence-corrected chi connectivity index (χ2v) is 5.80. The molecule has 7 heteroatoms. The van der Waals surface area contributed by atoms with Crippen LogP contribution < -0.4 is 5.32 Å². The van der Waals surface area contributed by atoms with Gasteiger partial charge in [-0.25, -0.2) is 9.59 Å². The minimum absolute atomic E-state index is 0.0762. The van der Waals surface area contributed by atoms with Crippen molar-refractivity contribution in [3.63, 3.8) is 0 Å². The third-order valence-corrected chi connectivity index (χ3v) is 3.95. The molecule has 0 bridgehead atoms. The molecule has 0 saturated carbocycles. The lowest BCUT2D eigenvalue weighted by Gasteiger charge is -2.16. The number of nitrogens with one attached hydrogen (secondary N) is 1. The van der Waals surface area contributed by atoms with Crippen molar-refractivity contribution < 1.29 is 19.4 Å². The van der Waals surface area contributed by atoms with Crippen molar-refractivity contribution in [1.29, 1.82) is 0 Å². The average molecular weight is 345 g/mol. The number of hydrogen-bond donors (Lipinski definition) is 2. The number of carboxylic acid groups (broad SMARTS) is 1. The molecule has 0 spiro atoms. The fraction of sp³-hybridized carbons (Fsp3) is 0.389. The molecule has 1 aromatic heterocycles. The highest BCUT2D eigenvalue weighted by Crippen LogP contribution is 2.23. The number of rotatable bonds is 7. The minimum Gasteiger partial charge on any atom is -0.479 e. The number of aryl methyl sites for hydroxylation is 2. The Hall–Kier alpha value is -2.83. The van der Waals surface area contributed by atoms with Crippen LogP contribution in [0.15, 0.2) is 30.3 Å². The van der Waals surface area contributed by atoms with Gasteiger partial charge in [0.05, 0.1) is 5.69 Å². The fourth-order valence-corrected chi connectivity index (χ4v) is 2.63. The molecule has 1 heterocycles. The maximum Gasteiger partial charge on any atom is 0.408 e. The van der Waals surface area contributed by atoms with Crippen LogP contribution in [0.2, 0.25) is 0 Å². The number of aromatic nitrogens is 2. The standard InChI is InChI=1S/C18H23N3O4/c1-4-8-14-15(12(2)21(3)20-14)16(17(22)23)19-18(24)25-11-13-9-6-5-7-10-13/h5-7,9-10,16H,4,8,11H2,1-3H3,(H,19,24)(H,22,23). The van der Waals surface area contributed by atoms with Crippen molar-refractivity contribution >= 4 is 12.1 Å². The van der Waals surface area contributed by atoms with E-state index in [0.29, 0.717) is 23.4 Å². The molecule has 1 aromatic carbocycles. The van der Waals surface area contributed by atoms with Crippen LogP contribution in [0.25, 0.3) is 0 Å². The molecule has 1 atom stereocenters. The average Bonchev–Trinajstić information content (AvgIpc) is 2.86. The van der Waals surface area contributed by atoms with Crippen LogP contribution in [0.5, 0.6) is 0 Å². The van der Waals surface area contributed by atoms with Crippen molar-refractivity contribution in [2.75, 3.05) is 0 Å². The van der Waals surface area contributed by atoms with Gasteiger partial charge in [-0.3, -0.25) is 4.68 Å². The number of alkyl carbamates (subject to hydrolysis) is 1. The van der Waals surface area contributed by atoms with Gasteiger partial charge in [0.1, 0.15) is 6.61 Å². The summed E-state index contributed by atoms with van der Waals surface area (Å²) in [5.74, 6) is -1.15. The number of aliphatic carboxylic acids is 1. The van der Waals surface area contributed by atoms with Gasteiger partial charge < -0.3 is 15.2 Å². The van der Waals surface area contributed by atoms with E-state index in [9.17, 15) is 14.7 Å². The molecule has 2 aromatic rings. The van der Waals surface area contributed by atoms with Crippen LogP contribution >= 0.6 is 0 Å². The molecular weight excluding hydrogens is 322 g/mol. The van der Waals surface area contributed by atoms with Gasteiger partial charge in [-0.2, -0.15) is 5.10 Å². The highest BCUT2D eigenvalue weighted by atomic mass is 16.5. The topological polar surface area (TPSA) is 93.5 Å². The number of carbonyl (C=O) groups is 2. The van der Waals surface area contributed by atoms with Gasteiger partial charge in [-0.15, -0.1) is 0 Å². The van der Waals surface area contributed by atoms with E-state index in [1.54, 1.807) is 18.7 Å². The smallest absolute Gasteiger partial charge is 0.408 e. The van der Waals surface area contributed by atoms with Crippen LogP contribution in [0.1, 0.15) is 41.9 Å². The molecule has 25 heavy (non-hydrogen) atoms. The van der Waals surface area contributed by atoms with Crippen molar-refractivity contribution in [1.82, 2.24) is 15.1 Å². The predicted molar refractivity (Wildman–Crippen MR) is 92.1 cm³/mol. The molecule has 0 aliphatic carbocycles. The van der Waals surface area contributed by atoms with E-state index in [1.165, 1.54) is 0 Å². The molecule has 0 saturated heterocycles. The lowest BCUT2D eigenvalue weighted by molar-refractivity contribution is -0.139. The largest absolute Gasteiger partial charge is 0.479 e. The Morgan fingerprint density at radius 1 is 1.32 bits per heavy atom. The first-order valence-corrected chi connectivity index (χ1v) is 8.16. The zero-order chi connectivity index (χ0) is 18.4. The fourth-order valence-electron chi connectivity index (χ4n) is 2.63. The SMILES string of the molecule is CCCc1nn(C)c(C)c1C(NC(=O)OCc1ccccc1)C(=O)O. The molecule has 0 aliphatic rings. The second-order valence-electron chi connectivity index (χ2n) is 5.80. The molecule has 1 amide bonds. The zero-order valence-corrected chi connectivity index (χ0v) is 14.7. The first-order valence-electron chi connectivity index (χ1n) is 8.16. The van der Waals surface area contributed by atoms with E-state index in [4.69, 9.17) is 4.74 Å². The predicted octanol–water partition coefficient (Wildman–Crippen LogP) is 2.73. The summed E-state index contributed by atoms with van der Waals surface area (Å²) in [6.45, 7) is 3.85. The summed E-state index contributed by atoms with van der Waals surface area (Å²) >= 11 is 0. The van der Waals surface area contributed by atoms with E-state index < -0.39 is 18.1 Å². The van der Waals surface area contributed by atoms with E-state index >= 15 is 0 Å². The molecule has 1 unspecified atom stereocenters. The van der Waals surface area contributed by atoms with Crippen LogP contribution in [0.4, 0.5) is 4.79 Å². The van der Waals surface area contributed by atoms with E-state index in [2.05, 4.69) is 10.4 Å². The lowest BCUT2D eigenvalue weighted by Crippen LogP contribution is -2.35. The van der Waals surface area contributed by atoms with Gasteiger partial charge in [0, 0.05) is 18.3 Å². The third kappa shape index (κ3) is 4.59. The number of carbonyl (C=O) groups excluding carboxylic acids is 1. The Morgan fingerprint density at radius 2 is 2.00 bits per heavy atom. The van der Waals surface area contributed by atoms with Crippen LogP contribution in [-0.2, 0) is 29.6 Å². The van der Waals surface area contributed by atoms with Crippen molar-refractivity contribution in [3.8, 4) is 0 Å². The van der Waals surface area contributed by atoms with Crippen molar-refractivity contribution in [2.24, 2.45) is 7.05 Å².